The van der Waals surface area contributed by atoms with E-state index < -0.39 is 5.97 Å². The molecule has 0 radical (unpaired) electrons. The van der Waals surface area contributed by atoms with Crippen LogP contribution in [0.1, 0.15) is 24.0 Å². The number of benzene rings is 2. The number of hydrogen-bond donors (Lipinski definition) is 1. The average molecular weight is 280 g/mol. The van der Waals surface area contributed by atoms with Gasteiger partial charge in [0.1, 0.15) is 0 Å². The van der Waals surface area contributed by atoms with Crippen LogP contribution in [0.5, 0.6) is 0 Å². The lowest BCUT2D eigenvalue weighted by Crippen LogP contribution is -2.00. The van der Waals surface area contributed by atoms with Gasteiger partial charge in [0.2, 0.25) is 0 Å². The van der Waals surface area contributed by atoms with E-state index in [4.69, 9.17) is 5.11 Å². The summed E-state index contributed by atoms with van der Waals surface area (Å²) in [4.78, 5) is 11.0. The Bertz CT molecular complexity index is 585. The molecule has 2 rings (SSSR count). The Morgan fingerprint density at radius 1 is 0.905 bits per heavy atom. The summed E-state index contributed by atoms with van der Waals surface area (Å²) in [5.41, 5.74) is 3.45. The van der Waals surface area contributed by atoms with Gasteiger partial charge in [-0.05, 0) is 30.4 Å². The van der Waals surface area contributed by atoms with Crippen molar-refractivity contribution in [3.05, 3.63) is 83.4 Å². The van der Waals surface area contributed by atoms with Gasteiger partial charge in [-0.15, -0.1) is 0 Å². The monoisotopic (exact) mass is 280 g/mol. The fourth-order valence-electron chi connectivity index (χ4n) is 2.28. The first-order chi connectivity index (χ1) is 10.2. The maximum atomic E-state index is 11.0. The van der Waals surface area contributed by atoms with Crippen LogP contribution in [0.15, 0.2) is 72.3 Å². The highest BCUT2D eigenvalue weighted by Crippen LogP contribution is 2.14. The summed E-state index contributed by atoms with van der Waals surface area (Å²) in [6, 6.07) is 20.3. The van der Waals surface area contributed by atoms with Crippen LogP contribution in [0.25, 0.3) is 0 Å². The molecule has 0 spiro atoms. The number of hydrogen-bond acceptors (Lipinski definition) is 1. The second kappa shape index (κ2) is 8.05. The summed E-state index contributed by atoms with van der Waals surface area (Å²) in [7, 11) is 0. The lowest BCUT2D eigenvalue weighted by molar-refractivity contribution is -0.136. The highest BCUT2D eigenvalue weighted by molar-refractivity contribution is 5.70. The van der Waals surface area contributed by atoms with E-state index in [1.165, 1.54) is 11.1 Å². The predicted octanol–water partition coefficient (Wildman–Crippen LogP) is 4.26. The molecule has 0 aliphatic heterocycles. The third-order valence-electron chi connectivity index (χ3n) is 3.43. The summed E-state index contributed by atoms with van der Waals surface area (Å²) >= 11 is 0. The number of aryl methyl sites for hydroxylation is 1. The molecular formula is C19H20O2. The zero-order chi connectivity index (χ0) is 14.9. The minimum absolute atomic E-state index is 0.125. The molecule has 0 fully saturated rings. The molecule has 0 saturated heterocycles. The Morgan fingerprint density at radius 3 is 2.05 bits per heavy atom. The molecule has 0 aliphatic carbocycles. The Labute approximate surface area is 125 Å². The molecule has 2 aromatic rings. The maximum Gasteiger partial charge on any atom is 0.307 e. The minimum atomic E-state index is -0.762. The van der Waals surface area contributed by atoms with E-state index in [1.807, 2.05) is 36.4 Å². The number of allylic oxidation sites excluding steroid dienone is 1. The van der Waals surface area contributed by atoms with Crippen LogP contribution >= 0.6 is 0 Å². The van der Waals surface area contributed by atoms with Gasteiger partial charge in [-0.1, -0.05) is 72.3 Å². The van der Waals surface area contributed by atoms with E-state index in [-0.39, 0.29) is 6.42 Å². The van der Waals surface area contributed by atoms with Gasteiger partial charge in [0.05, 0.1) is 6.42 Å². The molecule has 2 nitrogen and oxygen atoms in total. The van der Waals surface area contributed by atoms with Gasteiger partial charge in [-0.25, -0.2) is 0 Å². The third-order valence-corrected chi connectivity index (χ3v) is 3.43. The number of carboxylic acids is 1. The fraction of sp³-hybridized carbons (Fsp3) is 0.211. The lowest BCUT2D eigenvalue weighted by atomic mass is 10.00. The Morgan fingerprint density at radius 2 is 1.48 bits per heavy atom. The maximum absolute atomic E-state index is 11.0. The molecule has 0 unspecified atom stereocenters. The first-order valence-corrected chi connectivity index (χ1v) is 7.21. The van der Waals surface area contributed by atoms with Crippen molar-refractivity contribution in [2.45, 2.75) is 25.7 Å². The van der Waals surface area contributed by atoms with E-state index in [1.54, 1.807) is 0 Å². The lowest BCUT2D eigenvalue weighted by Gasteiger charge is -2.06. The Kier molecular flexibility index (Phi) is 5.77. The quantitative estimate of drug-likeness (QED) is 0.769. The van der Waals surface area contributed by atoms with Crippen LogP contribution in [0.2, 0.25) is 0 Å². The standard InChI is InChI=1S/C19H20O2/c20-19(21)15-18(13-11-16-7-3-1-4-8-16)14-12-17-9-5-2-6-10-17/h1-10,13H,11-12,14-15H2,(H,20,21). The number of carbonyl (C=O) groups is 1. The van der Waals surface area contributed by atoms with Gasteiger partial charge >= 0.3 is 5.97 Å². The van der Waals surface area contributed by atoms with Gasteiger partial charge in [-0.2, -0.15) is 0 Å². The second-order valence-electron chi connectivity index (χ2n) is 5.11. The summed E-state index contributed by atoms with van der Waals surface area (Å²) in [5.74, 6) is -0.762. The van der Waals surface area contributed by atoms with Crippen molar-refractivity contribution >= 4 is 5.97 Å². The van der Waals surface area contributed by atoms with E-state index in [0.29, 0.717) is 0 Å². The average Bonchev–Trinajstić information content (AvgIpc) is 2.51. The topological polar surface area (TPSA) is 37.3 Å². The van der Waals surface area contributed by atoms with Crippen molar-refractivity contribution in [2.24, 2.45) is 0 Å². The molecule has 0 amide bonds. The second-order valence-corrected chi connectivity index (χ2v) is 5.11. The molecular weight excluding hydrogens is 260 g/mol. The molecule has 21 heavy (non-hydrogen) atoms. The molecule has 0 heterocycles. The van der Waals surface area contributed by atoms with Crippen molar-refractivity contribution in [1.82, 2.24) is 0 Å². The van der Waals surface area contributed by atoms with Crippen molar-refractivity contribution in [3.8, 4) is 0 Å². The fourth-order valence-corrected chi connectivity index (χ4v) is 2.28. The van der Waals surface area contributed by atoms with Gasteiger partial charge < -0.3 is 5.11 Å². The van der Waals surface area contributed by atoms with Crippen LogP contribution in [-0.4, -0.2) is 11.1 Å². The van der Waals surface area contributed by atoms with E-state index in [9.17, 15) is 4.79 Å². The van der Waals surface area contributed by atoms with E-state index >= 15 is 0 Å². The third kappa shape index (κ3) is 5.65. The highest BCUT2D eigenvalue weighted by Gasteiger charge is 2.05. The summed E-state index contributed by atoms with van der Waals surface area (Å²) in [5, 5.41) is 9.04. The van der Waals surface area contributed by atoms with Crippen molar-refractivity contribution in [3.63, 3.8) is 0 Å². The highest BCUT2D eigenvalue weighted by atomic mass is 16.4. The first-order valence-electron chi connectivity index (χ1n) is 7.21. The smallest absolute Gasteiger partial charge is 0.307 e. The van der Waals surface area contributed by atoms with Gasteiger partial charge in [0.15, 0.2) is 0 Å². The molecule has 108 valence electrons. The van der Waals surface area contributed by atoms with Gasteiger partial charge in [0, 0.05) is 0 Å². The van der Waals surface area contributed by atoms with Gasteiger partial charge in [-0.3, -0.25) is 4.79 Å². The first kappa shape index (κ1) is 15.0. The summed E-state index contributed by atoms with van der Waals surface area (Å²) in [6.45, 7) is 0. The largest absolute Gasteiger partial charge is 0.481 e. The number of carboxylic acid groups (broad SMARTS) is 1. The van der Waals surface area contributed by atoms with Crippen LogP contribution in [0, 0.1) is 0 Å². The summed E-state index contributed by atoms with van der Waals surface area (Å²) < 4.78 is 0. The molecule has 0 aliphatic rings. The van der Waals surface area contributed by atoms with Crippen molar-refractivity contribution in [1.29, 1.82) is 0 Å². The van der Waals surface area contributed by atoms with Crippen LogP contribution in [0.3, 0.4) is 0 Å². The van der Waals surface area contributed by atoms with Crippen LogP contribution in [0.4, 0.5) is 0 Å². The number of aliphatic carboxylic acids is 1. The number of rotatable bonds is 7. The molecule has 0 aromatic heterocycles. The summed E-state index contributed by atoms with van der Waals surface area (Å²) in [6.07, 6.45) is 4.65. The van der Waals surface area contributed by atoms with E-state index in [0.717, 1.165) is 24.8 Å². The zero-order valence-corrected chi connectivity index (χ0v) is 12.0. The van der Waals surface area contributed by atoms with Crippen LogP contribution < -0.4 is 0 Å². The van der Waals surface area contributed by atoms with Gasteiger partial charge in [0.25, 0.3) is 0 Å². The normalized spacial score (nSPS) is 11.3. The Hall–Kier alpha value is -2.35. The SMILES string of the molecule is O=C(O)CC(=CCc1ccccc1)CCc1ccccc1. The van der Waals surface area contributed by atoms with Crippen molar-refractivity contribution < 1.29 is 9.90 Å². The predicted molar refractivity (Wildman–Crippen MR) is 85.2 cm³/mol. The molecule has 0 bridgehead atoms. The van der Waals surface area contributed by atoms with Crippen molar-refractivity contribution in [2.75, 3.05) is 0 Å². The molecule has 1 N–H and O–H groups in total. The minimum Gasteiger partial charge on any atom is -0.481 e. The van der Waals surface area contributed by atoms with Crippen LogP contribution in [-0.2, 0) is 17.6 Å². The molecule has 0 saturated carbocycles. The molecule has 2 heteroatoms. The molecule has 2 aromatic carbocycles. The Balaban J connectivity index is 1.98. The zero-order valence-electron chi connectivity index (χ0n) is 12.0. The van der Waals surface area contributed by atoms with E-state index in [2.05, 4.69) is 30.3 Å². The molecule has 0 atom stereocenters.